The molecule has 6 heteroatoms. The van der Waals surface area contributed by atoms with Crippen LogP contribution in [0.4, 0.5) is 0 Å². The molecule has 1 atom stereocenters. The van der Waals surface area contributed by atoms with Gasteiger partial charge in [0, 0.05) is 13.2 Å². The zero-order valence-electron chi connectivity index (χ0n) is 8.58. The van der Waals surface area contributed by atoms with Crippen LogP contribution in [0.25, 0.3) is 11.6 Å². The van der Waals surface area contributed by atoms with Gasteiger partial charge in [0.25, 0.3) is 5.89 Å². The smallest absolute Gasteiger partial charge is 0.276 e. The van der Waals surface area contributed by atoms with Gasteiger partial charge in [-0.05, 0) is 12.5 Å². The van der Waals surface area contributed by atoms with Gasteiger partial charge in [0.1, 0.15) is 11.8 Å². The number of rotatable bonds is 3. The minimum Gasteiger partial charge on any atom is -0.385 e. The summed E-state index contributed by atoms with van der Waals surface area (Å²) in [4.78, 5) is 4.10. The fraction of sp³-hybridized carbons (Fsp3) is 0.444. The van der Waals surface area contributed by atoms with Crippen LogP contribution >= 0.6 is 0 Å². The van der Waals surface area contributed by atoms with E-state index in [4.69, 9.17) is 4.52 Å². The van der Waals surface area contributed by atoms with Gasteiger partial charge in [-0.2, -0.15) is 10.1 Å². The van der Waals surface area contributed by atoms with Crippen molar-refractivity contribution in [3.8, 4) is 11.6 Å². The first kappa shape index (κ1) is 9.85. The number of aliphatic hydroxyl groups excluding tert-OH is 1. The van der Waals surface area contributed by atoms with E-state index in [0.717, 1.165) is 5.69 Å². The third kappa shape index (κ3) is 1.75. The van der Waals surface area contributed by atoms with E-state index in [9.17, 15) is 5.11 Å². The van der Waals surface area contributed by atoms with Crippen LogP contribution in [0.1, 0.15) is 25.3 Å². The summed E-state index contributed by atoms with van der Waals surface area (Å²) in [5.74, 6) is 0.686. The van der Waals surface area contributed by atoms with E-state index < -0.39 is 6.10 Å². The summed E-state index contributed by atoms with van der Waals surface area (Å²) in [6.45, 7) is 1.85. The lowest BCUT2D eigenvalue weighted by atomic mass is 10.3. The lowest BCUT2D eigenvalue weighted by Gasteiger charge is -1.98. The van der Waals surface area contributed by atoms with Crippen molar-refractivity contribution in [2.75, 3.05) is 0 Å². The molecule has 0 bridgehead atoms. The Labute approximate surface area is 86.5 Å². The highest BCUT2D eigenvalue weighted by Gasteiger charge is 2.16. The van der Waals surface area contributed by atoms with Gasteiger partial charge < -0.3 is 9.63 Å². The Kier molecular flexibility index (Phi) is 2.51. The number of hydrogen-bond donors (Lipinski definition) is 1. The van der Waals surface area contributed by atoms with E-state index >= 15 is 0 Å². The van der Waals surface area contributed by atoms with Crippen molar-refractivity contribution in [1.82, 2.24) is 19.9 Å². The molecule has 0 aliphatic heterocycles. The van der Waals surface area contributed by atoms with Gasteiger partial charge in [-0.25, -0.2) is 0 Å². The molecule has 15 heavy (non-hydrogen) atoms. The second kappa shape index (κ2) is 3.82. The number of hydrogen-bond acceptors (Lipinski definition) is 5. The van der Waals surface area contributed by atoms with Crippen molar-refractivity contribution in [1.29, 1.82) is 0 Å². The number of aliphatic hydroxyl groups is 1. The molecule has 2 rings (SSSR count). The highest BCUT2D eigenvalue weighted by molar-refractivity contribution is 5.45. The van der Waals surface area contributed by atoms with E-state index in [0.29, 0.717) is 18.1 Å². The second-order valence-corrected chi connectivity index (χ2v) is 3.22. The van der Waals surface area contributed by atoms with Crippen LogP contribution in [0, 0.1) is 0 Å². The van der Waals surface area contributed by atoms with Crippen LogP contribution in [0.5, 0.6) is 0 Å². The molecule has 0 aliphatic carbocycles. The quantitative estimate of drug-likeness (QED) is 0.811. The minimum atomic E-state index is -0.671. The van der Waals surface area contributed by atoms with Gasteiger partial charge in [0.15, 0.2) is 0 Å². The van der Waals surface area contributed by atoms with Crippen molar-refractivity contribution < 1.29 is 9.63 Å². The molecule has 1 N–H and O–H groups in total. The zero-order valence-corrected chi connectivity index (χ0v) is 8.58. The van der Waals surface area contributed by atoms with E-state index in [-0.39, 0.29) is 0 Å². The van der Waals surface area contributed by atoms with Gasteiger partial charge in [0.05, 0.1) is 0 Å². The van der Waals surface area contributed by atoms with Crippen LogP contribution < -0.4 is 0 Å². The Balaban J connectivity index is 2.32. The van der Waals surface area contributed by atoms with Crippen LogP contribution in [-0.2, 0) is 7.05 Å². The van der Waals surface area contributed by atoms with E-state index in [1.807, 2.05) is 6.92 Å². The molecule has 0 aromatic carbocycles. The molecule has 0 amide bonds. The molecule has 1 unspecified atom stereocenters. The fourth-order valence-electron chi connectivity index (χ4n) is 1.24. The first-order chi connectivity index (χ1) is 7.22. The molecule has 2 aromatic heterocycles. The summed E-state index contributed by atoms with van der Waals surface area (Å²) < 4.78 is 6.67. The predicted molar refractivity (Wildman–Crippen MR) is 51.8 cm³/mol. The Morgan fingerprint density at radius 1 is 1.60 bits per heavy atom. The molecule has 0 saturated heterocycles. The molecule has 80 valence electrons. The Morgan fingerprint density at radius 3 is 3.00 bits per heavy atom. The average molecular weight is 208 g/mol. The van der Waals surface area contributed by atoms with Crippen molar-refractivity contribution in [2.24, 2.45) is 7.05 Å². The van der Waals surface area contributed by atoms with Gasteiger partial charge in [-0.3, -0.25) is 4.68 Å². The molecule has 6 nitrogen and oxygen atoms in total. The van der Waals surface area contributed by atoms with Gasteiger partial charge in [0.2, 0.25) is 5.82 Å². The maximum absolute atomic E-state index is 9.50. The second-order valence-electron chi connectivity index (χ2n) is 3.22. The zero-order chi connectivity index (χ0) is 10.8. The minimum absolute atomic E-state index is 0.314. The average Bonchev–Trinajstić information content (AvgIpc) is 2.84. The van der Waals surface area contributed by atoms with Crippen LogP contribution in [0.3, 0.4) is 0 Å². The Hall–Kier alpha value is -1.69. The lowest BCUT2D eigenvalue weighted by molar-refractivity contribution is 0.159. The van der Waals surface area contributed by atoms with Gasteiger partial charge in [-0.1, -0.05) is 12.1 Å². The topological polar surface area (TPSA) is 77.0 Å². The molecular formula is C9H12N4O2. The first-order valence-corrected chi connectivity index (χ1v) is 4.72. The predicted octanol–water partition coefficient (Wildman–Crippen LogP) is 0.913. The molecule has 0 fully saturated rings. The standard InChI is InChI=1S/C9H12N4O2/c1-3-7(14)8-11-9(15-12-8)6-4-5-10-13(6)2/h4-5,7,14H,3H2,1-2H3. The van der Waals surface area contributed by atoms with Crippen molar-refractivity contribution in [3.05, 3.63) is 18.1 Å². The molecule has 2 aromatic rings. The first-order valence-electron chi connectivity index (χ1n) is 4.72. The number of aromatic nitrogens is 4. The summed E-state index contributed by atoms with van der Waals surface area (Å²) in [7, 11) is 1.79. The summed E-state index contributed by atoms with van der Waals surface area (Å²) in [5, 5.41) is 17.2. The lowest BCUT2D eigenvalue weighted by Crippen LogP contribution is -1.98. The third-order valence-electron chi connectivity index (χ3n) is 2.17. The Bertz CT molecular complexity index is 448. The summed E-state index contributed by atoms with van der Waals surface area (Å²) in [5.41, 5.74) is 0.733. The van der Waals surface area contributed by atoms with E-state index in [1.165, 1.54) is 0 Å². The summed E-state index contributed by atoms with van der Waals surface area (Å²) in [6, 6.07) is 1.77. The van der Waals surface area contributed by atoms with Crippen LogP contribution in [0.2, 0.25) is 0 Å². The third-order valence-corrected chi connectivity index (χ3v) is 2.17. The highest BCUT2D eigenvalue weighted by Crippen LogP contribution is 2.19. The molecule has 0 spiro atoms. The van der Waals surface area contributed by atoms with Crippen molar-refractivity contribution in [2.45, 2.75) is 19.4 Å². The van der Waals surface area contributed by atoms with Gasteiger partial charge >= 0.3 is 0 Å². The SMILES string of the molecule is CCC(O)c1noc(-c2ccnn2C)n1. The number of nitrogens with zero attached hydrogens (tertiary/aromatic N) is 4. The molecule has 2 heterocycles. The maximum atomic E-state index is 9.50. The van der Waals surface area contributed by atoms with E-state index in [2.05, 4.69) is 15.2 Å². The van der Waals surface area contributed by atoms with Crippen molar-refractivity contribution >= 4 is 0 Å². The normalized spacial score (nSPS) is 13.0. The molecule has 0 saturated carbocycles. The molecular weight excluding hydrogens is 196 g/mol. The van der Waals surface area contributed by atoms with Crippen LogP contribution in [0.15, 0.2) is 16.8 Å². The molecule has 0 aliphatic rings. The Morgan fingerprint density at radius 2 is 2.40 bits per heavy atom. The fourth-order valence-corrected chi connectivity index (χ4v) is 1.24. The van der Waals surface area contributed by atoms with Crippen molar-refractivity contribution in [3.63, 3.8) is 0 Å². The largest absolute Gasteiger partial charge is 0.385 e. The maximum Gasteiger partial charge on any atom is 0.276 e. The van der Waals surface area contributed by atoms with Crippen LogP contribution in [-0.4, -0.2) is 25.0 Å². The summed E-state index contributed by atoms with van der Waals surface area (Å²) in [6.07, 6.45) is 1.54. The molecule has 0 radical (unpaired) electrons. The highest BCUT2D eigenvalue weighted by atomic mass is 16.5. The number of aryl methyl sites for hydroxylation is 1. The monoisotopic (exact) mass is 208 g/mol. The van der Waals surface area contributed by atoms with Gasteiger partial charge in [-0.15, -0.1) is 0 Å². The van der Waals surface area contributed by atoms with E-state index in [1.54, 1.807) is 24.0 Å². The summed E-state index contributed by atoms with van der Waals surface area (Å²) >= 11 is 0.